The van der Waals surface area contributed by atoms with Crippen LogP contribution >= 0.6 is 10.5 Å². The van der Waals surface area contributed by atoms with Crippen LogP contribution < -0.4 is 0 Å². The first kappa shape index (κ1) is 12.0. The predicted molar refractivity (Wildman–Crippen MR) is 65.8 cm³/mol. The van der Waals surface area contributed by atoms with E-state index < -0.39 is 0 Å². The van der Waals surface area contributed by atoms with Gasteiger partial charge in [-0.15, -0.1) is 0 Å². The molecule has 0 aromatic carbocycles. The van der Waals surface area contributed by atoms with Gasteiger partial charge in [0.15, 0.2) is 0 Å². The van der Waals surface area contributed by atoms with Crippen LogP contribution in [0.25, 0.3) is 0 Å². The van der Waals surface area contributed by atoms with Gasteiger partial charge in [0.2, 0.25) is 0 Å². The molecule has 15 heavy (non-hydrogen) atoms. The van der Waals surface area contributed by atoms with Crippen LogP contribution in [0.5, 0.6) is 0 Å². The molecule has 0 spiro atoms. The van der Waals surface area contributed by atoms with Crippen molar-refractivity contribution in [2.24, 2.45) is 0 Å². The molecule has 0 unspecified atom stereocenters. The second-order valence-corrected chi connectivity index (χ2v) is 6.06. The molecule has 1 aliphatic carbocycles. The van der Waals surface area contributed by atoms with Crippen molar-refractivity contribution in [2.45, 2.75) is 33.1 Å². The maximum absolute atomic E-state index is 8.89. The summed E-state index contributed by atoms with van der Waals surface area (Å²) in [5, 5.41) is 17.8. The Bertz CT molecular complexity index is 369. The van der Waals surface area contributed by atoms with Crippen molar-refractivity contribution >= 4 is 15.3 Å². The topological polar surface area (TPSA) is 47.6 Å². The summed E-state index contributed by atoms with van der Waals surface area (Å²) >= 11 is 0. The summed E-state index contributed by atoms with van der Waals surface area (Å²) in [4.78, 5) is 1.40. The van der Waals surface area contributed by atoms with E-state index in [1.807, 2.05) is 12.1 Å². The zero-order valence-electron chi connectivity index (χ0n) is 9.34. The Labute approximate surface area is 94.1 Å². The third kappa shape index (κ3) is 2.49. The van der Waals surface area contributed by atoms with Crippen molar-refractivity contribution in [3.8, 4) is 12.1 Å². The number of hydrogen-bond acceptors (Lipinski definition) is 2. The van der Waals surface area contributed by atoms with Gasteiger partial charge in [0.05, 0.1) is 0 Å². The molecule has 0 bridgehead atoms. The standard InChI is InChI=1S/C12H16N2S/c1-3-15(4-2)12-7-5-6-11(12)10(8-13)9-14/h3-7H2,1-2H3. The zero-order valence-corrected chi connectivity index (χ0v) is 10.2. The first-order chi connectivity index (χ1) is 7.28. The van der Waals surface area contributed by atoms with Crippen LogP contribution in [-0.4, -0.2) is 16.4 Å². The van der Waals surface area contributed by atoms with Gasteiger partial charge in [-0.3, -0.25) is 0 Å². The van der Waals surface area contributed by atoms with Crippen molar-refractivity contribution in [1.82, 2.24) is 0 Å². The fraction of sp³-hybridized carbons (Fsp3) is 0.583. The minimum absolute atomic E-state index is 0.289. The van der Waals surface area contributed by atoms with Gasteiger partial charge in [-0.1, -0.05) is 13.8 Å². The molecular formula is C12H16N2S. The van der Waals surface area contributed by atoms with Gasteiger partial charge >= 0.3 is 0 Å². The smallest absolute Gasteiger partial charge is 0.133 e. The van der Waals surface area contributed by atoms with E-state index in [-0.39, 0.29) is 10.5 Å². The van der Waals surface area contributed by atoms with Crippen LogP contribution in [-0.2, 0) is 0 Å². The average Bonchev–Trinajstić information content (AvgIpc) is 2.71. The average molecular weight is 220 g/mol. The highest BCUT2D eigenvalue weighted by atomic mass is 32.2. The zero-order chi connectivity index (χ0) is 11.3. The first-order valence-corrected chi connectivity index (χ1v) is 6.91. The predicted octanol–water partition coefficient (Wildman–Crippen LogP) is 3.00. The fourth-order valence-electron chi connectivity index (χ4n) is 2.01. The number of rotatable bonds is 2. The lowest BCUT2D eigenvalue weighted by Gasteiger charge is -2.10. The Morgan fingerprint density at radius 2 is 1.80 bits per heavy atom. The van der Waals surface area contributed by atoms with Crippen molar-refractivity contribution in [3.63, 3.8) is 0 Å². The summed E-state index contributed by atoms with van der Waals surface area (Å²) in [6.07, 6.45) is 3.13. The molecule has 3 heteroatoms. The maximum Gasteiger partial charge on any atom is 0.133 e. The highest BCUT2D eigenvalue weighted by Crippen LogP contribution is 2.32. The molecule has 0 radical (unpaired) electrons. The molecule has 0 atom stereocenters. The number of allylic oxidation sites excluding steroid dienone is 2. The fourth-order valence-corrected chi connectivity index (χ4v) is 4.10. The third-order valence-corrected chi connectivity index (χ3v) is 5.28. The second-order valence-electron chi connectivity index (χ2n) is 3.42. The minimum Gasteiger partial charge on any atom is -0.192 e. The minimum atomic E-state index is 0.289. The van der Waals surface area contributed by atoms with E-state index in [9.17, 15) is 0 Å². The quantitative estimate of drug-likeness (QED) is 0.408. The Kier molecular flexibility index (Phi) is 4.59. The summed E-state index contributed by atoms with van der Waals surface area (Å²) in [6.45, 7) is 4.38. The molecule has 1 fully saturated rings. The highest BCUT2D eigenvalue weighted by molar-refractivity contribution is 8.16. The first-order valence-electron chi connectivity index (χ1n) is 5.35. The van der Waals surface area contributed by atoms with Gasteiger partial charge in [0, 0.05) is 0 Å². The van der Waals surface area contributed by atoms with E-state index in [4.69, 9.17) is 10.5 Å². The summed E-state index contributed by atoms with van der Waals surface area (Å²) in [5.74, 6) is 2.28. The lowest BCUT2D eigenvalue weighted by atomic mass is 10.1. The SMILES string of the molecule is CCS(CC)=C1CCCC1=C(C#N)C#N. The van der Waals surface area contributed by atoms with E-state index in [0.717, 1.165) is 36.3 Å². The molecule has 0 heterocycles. The Balaban J connectivity index is 3.24. The number of nitrogens with zero attached hydrogens (tertiary/aromatic N) is 2. The number of nitriles is 2. The largest absolute Gasteiger partial charge is 0.192 e. The Morgan fingerprint density at radius 1 is 1.20 bits per heavy atom. The van der Waals surface area contributed by atoms with Gasteiger partial charge in [0.25, 0.3) is 0 Å². The van der Waals surface area contributed by atoms with E-state index in [2.05, 4.69) is 13.8 Å². The van der Waals surface area contributed by atoms with Crippen LogP contribution in [0.15, 0.2) is 11.1 Å². The molecular weight excluding hydrogens is 204 g/mol. The van der Waals surface area contributed by atoms with E-state index in [1.54, 1.807) is 0 Å². The van der Waals surface area contributed by atoms with Crippen LogP contribution in [0.1, 0.15) is 33.1 Å². The van der Waals surface area contributed by atoms with Crippen LogP contribution in [0.4, 0.5) is 0 Å². The monoisotopic (exact) mass is 220 g/mol. The molecule has 0 aliphatic heterocycles. The second kappa shape index (κ2) is 5.73. The summed E-state index contributed by atoms with van der Waals surface area (Å²) in [7, 11) is 0.289. The molecule has 0 saturated heterocycles. The van der Waals surface area contributed by atoms with Crippen molar-refractivity contribution in [1.29, 1.82) is 10.5 Å². The lowest BCUT2D eigenvalue weighted by molar-refractivity contribution is 0.946. The molecule has 0 aromatic rings. The van der Waals surface area contributed by atoms with Gasteiger partial charge in [0.1, 0.15) is 17.7 Å². The molecule has 80 valence electrons. The van der Waals surface area contributed by atoms with Crippen molar-refractivity contribution in [2.75, 3.05) is 11.5 Å². The third-order valence-electron chi connectivity index (χ3n) is 2.74. The Hall–Kier alpha value is -1.06. The van der Waals surface area contributed by atoms with E-state index >= 15 is 0 Å². The van der Waals surface area contributed by atoms with Gasteiger partial charge in [-0.2, -0.15) is 21.0 Å². The van der Waals surface area contributed by atoms with Crippen molar-refractivity contribution < 1.29 is 0 Å². The van der Waals surface area contributed by atoms with Gasteiger partial charge in [-0.25, -0.2) is 0 Å². The van der Waals surface area contributed by atoms with Crippen LogP contribution in [0.3, 0.4) is 0 Å². The lowest BCUT2D eigenvalue weighted by Crippen LogP contribution is -2.00. The van der Waals surface area contributed by atoms with Crippen molar-refractivity contribution in [3.05, 3.63) is 11.1 Å². The molecule has 1 aliphatic rings. The molecule has 1 saturated carbocycles. The molecule has 0 aromatic heterocycles. The molecule has 1 rings (SSSR count). The van der Waals surface area contributed by atoms with E-state index in [0.29, 0.717) is 5.57 Å². The summed E-state index contributed by atoms with van der Waals surface area (Å²) < 4.78 is 0. The maximum atomic E-state index is 8.89. The summed E-state index contributed by atoms with van der Waals surface area (Å²) in [6, 6.07) is 4.06. The number of hydrogen-bond donors (Lipinski definition) is 0. The molecule has 2 nitrogen and oxygen atoms in total. The normalized spacial score (nSPS) is 15.3. The van der Waals surface area contributed by atoms with Gasteiger partial charge < -0.3 is 0 Å². The van der Waals surface area contributed by atoms with E-state index in [1.165, 1.54) is 4.86 Å². The Morgan fingerprint density at radius 3 is 2.27 bits per heavy atom. The molecule has 0 N–H and O–H groups in total. The highest BCUT2D eigenvalue weighted by Gasteiger charge is 2.20. The summed E-state index contributed by atoms with van der Waals surface area (Å²) in [5.41, 5.74) is 1.41. The molecule has 0 amide bonds. The van der Waals surface area contributed by atoms with Crippen LogP contribution in [0.2, 0.25) is 0 Å². The van der Waals surface area contributed by atoms with Crippen LogP contribution in [0, 0.1) is 22.7 Å². The van der Waals surface area contributed by atoms with Gasteiger partial charge in [-0.05, 0) is 41.2 Å².